The number of hydrogen-bond donors (Lipinski definition) is 1. The van der Waals surface area contributed by atoms with Gasteiger partial charge in [0.1, 0.15) is 4.88 Å². The van der Waals surface area contributed by atoms with Gasteiger partial charge in [-0.2, -0.15) is 0 Å². The zero-order chi connectivity index (χ0) is 13.7. The van der Waals surface area contributed by atoms with Gasteiger partial charge in [0.15, 0.2) is 4.34 Å². The summed E-state index contributed by atoms with van der Waals surface area (Å²) in [4.78, 5) is 28.2. The topological polar surface area (TPSA) is 70.5 Å². The third-order valence-corrected chi connectivity index (χ3v) is 4.61. The number of nitrogens with zero attached hydrogens (tertiary/aromatic N) is 2. The van der Waals surface area contributed by atoms with Crippen LogP contribution in [0.5, 0.6) is 0 Å². The molecule has 7 heteroatoms. The predicted molar refractivity (Wildman–Crippen MR) is 72.5 cm³/mol. The Hall–Kier alpha value is -1.08. The van der Waals surface area contributed by atoms with Crippen LogP contribution in [-0.2, 0) is 4.79 Å². The average molecular weight is 288 g/mol. The Morgan fingerprint density at radius 2 is 2.11 bits per heavy atom. The molecule has 0 spiro atoms. The van der Waals surface area contributed by atoms with Gasteiger partial charge in [0.25, 0.3) is 0 Å². The largest absolute Gasteiger partial charge is 0.477 e. The number of amides is 1. The first-order chi connectivity index (χ1) is 8.41. The van der Waals surface area contributed by atoms with Gasteiger partial charge < -0.3 is 10.0 Å². The molecule has 18 heavy (non-hydrogen) atoms. The Balaban J connectivity index is 2.38. The summed E-state index contributed by atoms with van der Waals surface area (Å²) in [6.45, 7) is 1.69. The lowest BCUT2D eigenvalue weighted by Gasteiger charge is -2.08. The summed E-state index contributed by atoms with van der Waals surface area (Å²) in [5.41, 5.74) is 0.555. The van der Waals surface area contributed by atoms with E-state index in [-0.39, 0.29) is 5.91 Å². The van der Waals surface area contributed by atoms with E-state index in [1.807, 2.05) is 0 Å². The Kier molecular flexibility index (Phi) is 5.61. The van der Waals surface area contributed by atoms with Gasteiger partial charge in [-0.15, -0.1) is 11.3 Å². The zero-order valence-electron chi connectivity index (χ0n) is 10.6. The minimum Gasteiger partial charge on any atom is -0.477 e. The van der Waals surface area contributed by atoms with Crippen molar-refractivity contribution in [2.75, 3.05) is 19.8 Å². The lowest BCUT2D eigenvalue weighted by Crippen LogP contribution is -2.21. The average Bonchev–Trinajstić information content (AvgIpc) is 2.65. The van der Waals surface area contributed by atoms with Gasteiger partial charge in [-0.05, 0) is 13.3 Å². The van der Waals surface area contributed by atoms with Crippen LogP contribution < -0.4 is 0 Å². The first-order valence-corrected chi connectivity index (χ1v) is 7.25. The monoisotopic (exact) mass is 288 g/mol. The van der Waals surface area contributed by atoms with Gasteiger partial charge in [0, 0.05) is 26.3 Å². The highest BCUT2D eigenvalue weighted by Crippen LogP contribution is 2.27. The maximum Gasteiger partial charge on any atom is 0.347 e. The first kappa shape index (κ1) is 15.0. The lowest BCUT2D eigenvalue weighted by atomic mass is 10.3. The molecule has 0 saturated heterocycles. The van der Waals surface area contributed by atoms with E-state index in [1.54, 1.807) is 25.9 Å². The van der Waals surface area contributed by atoms with Gasteiger partial charge in [0.05, 0.1) is 5.69 Å². The van der Waals surface area contributed by atoms with Crippen LogP contribution in [0.1, 0.15) is 28.2 Å². The number of hydrogen-bond acceptors (Lipinski definition) is 5. The number of thioether (sulfide) groups is 1. The number of aromatic carboxylic acids is 1. The minimum absolute atomic E-state index is 0.108. The van der Waals surface area contributed by atoms with Crippen molar-refractivity contribution in [1.82, 2.24) is 9.88 Å². The summed E-state index contributed by atoms with van der Waals surface area (Å²) in [7, 11) is 3.47. The fourth-order valence-corrected chi connectivity index (χ4v) is 3.28. The smallest absolute Gasteiger partial charge is 0.347 e. The number of aryl methyl sites for hydroxylation is 1. The number of carboxylic acids is 1. The summed E-state index contributed by atoms with van der Waals surface area (Å²) in [6, 6.07) is 0. The molecule has 0 radical (unpaired) electrons. The van der Waals surface area contributed by atoms with Gasteiger partial charge >= 0.3 is 5.97 Å². The maximum absolute atomic E-state index is 11.3. The molecule has 100 valence electrons. The second kappa shape index (κ2) is 6.75. The molecule has 0 saturated carbocycles. The van der Waals surface area contributed by atoms with Crippen molar-refractivity contribution < 1.29 is 14.7 Å². The van der Waals surface area contributed by atoms with Crippen molar-refractivity contribution >= 4 is 35.0 Å². The number of carboxylic acid groups (broad SMARTS) is 1. The molecule has 0 aliphatic carbocycles. The van der Waals surface area contributed by atoms with Crippen molar-refractivity contribution in [2.24, 2.45) is 0 Å². The van der Waals surface area contributed by atoms with E-state index in [1.165, 1.54) is 23.1 Å². The SMILES string of the molecule is Cc1nc(SCCCC(=O)N(C)C)sc1C(=O)O. The van der Waals surface area contributed by atoms with Crippen molar-refractivity contribution in [1.29, 1.82) is 0 Å². The molecule has 1 N–H and O–H groups in total. The van der Waals surface area contributed by atoms with Crippen molar-refractivity contribution in [3.63, 3.8) is 0 Å². The van der Waals surface area contributed by atoms with E-state index in [0.717, 1.165) is 16.5 Å². The molecule has 0 aromatic carbocycles. The van der Waals surface area contributed by atoms with Gasteiger partial charge in [-0.1, -0.05) is 11.8 Å². The molecule has 0 atom stereocenters. The van der Waals surface area contributed by atoms with Crippen molar-refractivity contribution in [3.8, 4) is 0 Å². The van der Waals surface area contributed by atoms with E-state index < -0.39 is 5.97 Å². The Morgan fingerprint density at radius 3 is 2.61 bits per heavy atom. The van der Waals surface area contributed by atoms with Crippen LogP contribution in [0.15, 0.2) is 4.34 Å². The highest BCUT2D eigenvalue weighted by Gasteiger charge is 2.14. The fourth-order valence-electron chi connectivity index (χ4n) is 1.24. The molecular formula is C11H16N2O3S2. The Morgan fingerprint density at radius 1 is 1.44 bits per heavy atom. The molecule has 1 heterocycles. The minimum atomic E-state index is -0.931. The second-order valence-corrected chi connectivity index (χ2v) is 6.28. The van der Waals surface area contributed by atoms with Crippen LogP contribution in [0.4, 0.5) is 0 Å². The van der Waals surface area contributed by atoms with Crippen LogP contribution in [0.2, 0.25) is 0 Å². The number of rotatable bonds is 6. The summed E-state index contributed by atoms with van der Waals surface area (Å²) in [5.74, 6) is -0.0530. The number of carbonyl (C=O) groups is 2. The van der Waals surface area contributed by atoms with E-state index >= 15 is 0 Å². The van der Waals surface area contributed by atoms with Gasteiger partial charge in [-0.25, -0.2) is 9.78 Å². The Labute approximate surface area is 114 Å². The summed E-state index contributed by atoms with van der Waals surface area (Å²) < 4.78 is 0.752. The summed E-state index contributed by atoms with van der Waals surface area (Å²) in [5, 5.41) is 8.90. The maximum atomic E-state index is 11.3. The van der Waals surface area contributed by atoms with Crippen LogP contribution in [-0.4, -0.2) is 46.7 Å². The molecule has 0 aliphatic rings. The molecule has 1 aromatic heterocycles. The highest BCUT2D eigenvalue weighted by atomic mass is 32.2. The van der Waals surface area contributed by atoms with E-state index in [2.05, 4.69) is 4.98 Å². The molecule has 0 fully saturated rings. The standard InChI is InChI=1S/C11H16N2O3S2/c1-7-9(10(15)16)18-11(12-7)17-6-4-5-8(14)13(2)3/h4-6H2,1-3H3,(H,15,16). The fraction of sp³-hybridized carbons (Fsp3) is 0.545. The molecule has 0 bridgehead atoms. The zero-order valence-corrected chi connectivity index (χ0v) is 12.2. The molecule has 0 aliphatic heterocycles. The van der Waals surface area contributed by atoms with Crippen molar-refractivity contribution in [2.45, 2.75) is 24.1 Å². The lowest BCUT2D eigenvalue weighted by molar-refractivity contribution is -0.128. The number of carbonyl (C=O) groups excluding carboxylic acids is 1. The molecule has 5 nitrogen and oxygen atoms in total. The molecule has 1 amide bonds. The molecule has 0 unspecified atom stereocenters. The van der Waals surface area contributed by atoms with Crippen LogP contribution in [0.25, 0.3) is 0 Å². The normalized spacial score (nSPS) is 10.4. The van der Waals surface area contributed by atoms with Gasteiger partial charge in [0.2, 0.25) is 5.91 Å². The molecule has 1 rings (SSSR count). The van der Waals surface area contributed by atoms with E-state index in [0.29, 0.717) is 17.0 Å². The first-order valence-electron chi connectivity index (χ1n) is 5.45. The van der Waals surface area contributed by atoms with E-state index in [9.17, 15) is 9.59 Å². The second-order valence-electron chi connectivity index (χ2n) is 3.94. The van der Waals surface area contributed by atoms with Crippen LogP contribution >= 0.6 is 23.1 Å². The van der Waals surface area contributed by atoms with E-state index in [4.69, 9.17) is 5.11 Å². The third-order valence-electron chi connectivity index (χ3n) is 2.23. The third kappa shape index (κ3) is 4.30. The predicted octanol–water partition coefficient (Wildman–Crippen LogP) is 2.11. The Bertz CT molecular complexity index is 443. The summed E-state index contributed by atoms with van der Waals surface area (Å²) in [6.07, 6.45) is 1.28. The highest BCUT2D eigenvalue weighted by molar-refractivity contribution is 8.01. The van der Waals surface area contributed by atoms with Gasteiger partial charge in [-0.3, -0.25) is 4.79 Å². The number of aromatic nitrogens is 1. The van der Waals surface area contributed by atoms with Crippen molar-refractivity contribution in [3.05, 3.63) is 10.6 Å². The summed E-state index contributed by atoms with van der Waals surface area (Å²) >= 11 is 2.69. The van der Waals surface area contributed by atoms with Crippen LogP contribution in [0.3, 0.4) is 0 Å². The number of thiazole rings is 1. The molecular weight excluding hydrogens is 272 g/mol. The quantitative estimate of drug-likeness (QED) is 0.641. The van der Waals surface area contributed by atoms with Crippen LogP contribution in [0, 0.1) is 6.92 Å². The molecule has 1 aromatic rings.